The molecule has 3 aromatic rings. The highest BCUT2D eigenvalue weighted by Gasteiger charge is 2.07. The molecule has 0 aliphatic heterocycles. The summed E-state index contributed by atoms with van der Waals surface area (Å²) in [5.74, 6) is 2.64. The molecular weight excluding hydrogens is 316 g/mol. The van der Waals surface area contributed by atoms with E-state index in [0.29, 0.717) is 24.1 Å². The van der Waals surface area contributed by atoms with Crippen LogP contribution in [-0.2, 0) is 6.54 Å². The molecule has 0 spiro atoms. The lowest BCUT2D eigenvalue weighted by Crippen LogP contribution is -2.05. The average molecular weight is 336 g/mol. The van der Waals surface area contributed by atoms with Gasteiger partial charge in [-0.3, -0.25) is 0 Å². The van der Waals surface area contributed by atoms with E-state index in [1.165, 1.54) is 5.56 Å². The topological polar surface area (TPSA) is 68.3 Å². The summed E-state index contributed by atoms with van der Waals surface area (Å²) < 4.78 is 10.6. The predicted molar refractivity (Wildman–Crippen MR) is 98.6 cm³/mol. The van der Waals surface area contributed by atoms with Gasteiger partial charge in [-0.25, -0.2) is 4.98 Å². The highest BCUT2D eigenvalue weighted by Crippen LogP contribution is 2.31. The van der Waals surface area contributed by atoms with Crippen molar-refractivity contribution in [3.8, 4) is 11.5 Å². The van der Waals surface area contributed by atoms with Crippen LogP contribution in [0, 0.1) is 0 Å². The predicted octanol–water partition coefficient (Wildman–Crippen LogP) is 3.85. The molecule has 0 fully saturated rings. The third-order valence-corrected chi connectivity index (χ3v) is 3.62. The fraction of sp³-hybridized carbons (Fsp3) is 0.158. The normalized spacial score (nSPS) is 10.2. The van der Waals surface area contributed by atoms with Crippen LogP contribution in [0.25, 0.3) is 0 Å². The van der Waals surface area contributed by atoms with Gasteiger partial charge < -0.3 is 20.1 Å². The number of nitrogens with one attached hydrogen (secondary N) is 2. The molecule has 0 amide bonds. The van der Waals surface area contributed by atoms with E-state index >= 15 is 0 Å². The Hall–Kier alpha value is -3.28. The van der Waals surface area contributed by atoms with Gasteiger partial charge in [-0.05, 0) is 23.8 Å². The highest BCUT2D eigenvalue weighted by molar-refractivity contribution is 5.66. The lowest BCUT2D eigenvalue weighted by molar-refractivity contribution is 0.395. The number of aromatic nitrogens is 2. The van der Waals surface area contributed by atoms with E-state index in [4.69, 9.17) is 9.47 Å². The Morgan fingerprint density at radius 1 is 0.960 bits per heavy atom. The van der Waals surface area contributed by atoms with Gasteiger partial charge in [0, 0.05) is 18.8 Å². The second-order valence-electron chi connectivity index (χ2n) is 5.30. The number of nitrogens with zero attached hydrogens (tertiary/aromatic N) is 2. The maximum atomic E-state index is 5.39. The zero-order chi connectivity index (χ0) is 17.5. The molecule has 1 heterocycles. The van der Waals surface area contributed by atoms with E-state index < -0.39 is 0 Å². The Balaban J connectivity index is 1.71. The summed E-state index contributed by atoms with van der Waals surface area (Å²) in [7, 11) is 3.24. The second-order valence-corrected chi connectivity index (χ2v) is 5.30. The molecule has 0 aliphatic rings. The van der Waals surface area contributed by atoms with Gasteiger partial charge in [-0.1, -0.05) is 30.3 Å². The molecule has 0 unspecified atom stereocenters. The van der Waals surface area contributed by atoms with E-state index in [0.717, 1.165) is 11.4 Å². The first-order valence-corrected chi connectivity index (χ1v) is 7.88. The van der Waals surface area contributed by atoms with Crippen LogP contribution >= 0.6 is 0 Å². The number of hydrogen-bond donors (Lipinski definition) is 2. The van der Waals surface area contributed by atoms with Crippen LogP contribution in [0.2, 0.25) is 0 Å². The third-order valence-electron chi connectivity index (χ3n) is 3.62. The van der Waals surface area contributed by atoms with Crippen LogP contribution in [0.4, 0.5) is 17.5 Å². The van der Waals surface area contributed by atoms with Gasteiger partial charge in [0.1, 0.15) is 17.3 Å². The Labute approximate surface area is 146 Å². The monoisotopic (exact) mass is 336 g/mol. The number of rotatable bonds is 7. The first-order chi connectivity index (χ1) is 12.3. The van der Waals surface area contributed by atoms with Crippen molar-refractivity contribution < 1.29 is 9.47 Å². The Kier molecular flexibility index (Phi) is 5.31. The van der Waals surface area contributed by atoms with Crippen LogP contribution in [0.15, 0.2) is 60.8 Å². The molecule has 0 bridgehead atoms. The highest BCUT2D eigenvalue weighted by atomic mass is 16.5. The number of hydrogen-bond acceptors (Lipinski definition) is 6. The van der Waals surface area contributed by atoms with Crippen LogP contribution < -0.4 is 20.1 Å². The summed E-state index contributed by atoms with van der Waals surface area (Å²) in [6, 6.07) is 17.5. The lowest BCUT2D eigenvalue weighted by Gasteiger charge is -2.12. The number of benzene rings is 2. The molecule has 0 radical (unpaired) electrons. The second kappa shape index (κ2) is 8.01. The zero-order valence-corrected chi connectivity index (χ0v) is 14.2. The van der Waals surface area contributed by atoms with Crippen molar-refractivity contribution in [1.82, 2.24) is 9.97 Å². The fourth-order valence-corrected chi connectivity index (χ4v) is 2.33. The van der Waals surface area contributed by atoms with Crippen LogP contribution in [0.5, 0.6) is 11.5 Å². The number of anilines is 3. The van der Waals surface area contributed by atoms with Gasteiger partial charge in [-0.15, -0.1) is 0 Å². The minimum absolute atomic E-state index is 0.557. The lowest BCUT2D eigenvalue weighted by atomic mass is 10.2. The Morgan fingerprint density at radius 2 is 1.80 bits per heavy atom. The molecular formula is C19H20N4O2. The van der Waals surface area contributed by atoms with E-state index in [1.807, 2.05) is 36.4 Å². The summed E-state index contributed by atoms with van der Waals surface area (Å²) in [5.41, 5.74) is 1.97. The maximum absolute atomic E-state index is 5.39. The van der Waals surface area contributed by atoms with Crippen molar-refractivity contribution in [2.24, 2.45) is 0 Å². The molecule has 1 aromatic heterocycles. The molecule has 6 heteroatoms. The van der Waals surface area contributed by atoms with Crippen molar-refractivity contribution in [2.45, 2.75) is 6.54 Å². The molecule has 6 nitrogen and oxygen atoms in total. The average Bonchev–Trinajstić information content (AvgIpc) is 2.68. The minimum Gasteiger partial charge on any atom is -0.497 e. The maximum Gasteiger partial charge on any atom is 0.224 e. The summed E-state index contributed by atoms with van der Waals surface area (Å²) in [6.45, 7) is 0.663. The van der Waals surface area contributed by atoms with E-state index in [1.54, 1.807) is 26.5 Å². The van der Waals surface area contributed by atoms with Gasteiger partial charge in [0.15, 0.2) is 0 Å². The number of ether oxygens (including phenoxy) is 2. The van der Waals surface area contributed by atoms with Crippen molar-refractivity contribution in [2.75, 3.05) is 24.9 Å². The fourth-order valence-electron chi connectivity index (χ4n) is 2.33. The van der Waals surface area contributed by atoms with Crippen LogP contribution in [-0.4, -0.2) is 24.2 Å². The van der Waals surface area contributed by atoms with Gasteiger partial charge >= 0.3 is 0 Å². The quantitative estimate of drug-likeness (QED) is 0.683. The Bertz CT molecular complexity index is 825. The van der Waals surface area contributed by atoms with Crippen LogP contribution in [0.3, 0.4) is 0 Å². The van der Waals surface area contributed by atoms with Gasteiger partial charge in [0.2, 0.25) is 5.95 Å². The molecule has 0 aliphatic carbocycles. The van der Waals surface area contributed by atoms with Crippen LogP contribution in [0.1, 0.15) is 5.56 Å². The van der Waals surface area contributed by atoms with Crippen molar-refractivity contribution in [3.63, 3.8) is 0 Å². The van der Waals surface area contributed by atoms with Gasteiger partial charge in [-0.2, -0.15) is 4.98 Å². The summed E-state index contributed by atoms with van der Waals surface area (Å²) >= 11 is 0. The van der Waals surface area contributed by atoms with E-state index in [2.05, 4.69) is 32.7 Å². The van der Waals surface area contributed by atoms with Gasteiger partial charge in [0.25, 0.3) is 0 Å². The summed E-state index contributed by atoms with van der Waals surface area (Å²) in [4.78, 5) is 8.73. The van der Waals surface area contributed by atoms with Crippen molar-refractivity contribution >= 4 is 17.5 Å². The molecule has 2 aromatic carbocycles. The zero-order valence-electron chi connectivity index (χ0n) is 14.2. The van der Waals surface area contributed by atoms with E-state index in [9.17, 15) is 0 Å². The third kappa shape index (κ3) is 4.38. The largest absolute Gasteiger partial charge is 0.497 e. The molecule has 3 rings (SSSR count). The molecule has 2 N–H and O–H groups in total. The standard InChI is InChI=1S/C19H20N4O2/c1-24-15-8-9-16(17(12-15)25-2)22-18-10-11-20-19(23-18)21-13-14-6-4-3-5-7-14/h3-12H,13H2,1-2H3,(H2,20,21,22,23). The molecule has 0 saturated heterocycles. The smallest absolute Gasteiger partial charge is 0.224 e. The SMILES string of the molecule is COc1ccc(Nc2ccnc(NCc3ccccc3)n2)c(OC)c1. The minimum atomic E-state index is 0.557. The Morgan fingerprint density at radius 3 is 2.56 bits per heavy atom. The van der Waals surface area contributed by atoms with E-state index in [-0.39, 0.29) is 0 Å². The van der Waals surface area contributed by atoms with Crippen molar-refractivity contribution in [3.05, 3.63) is 66.4 Å². The molecule has 0 atom stereocenters. The summed E-state index contributed by atoms with van der Waals surface area (Å²) in [6.07, 6.45) is 1.71. The first kappa shape index (κ1) is 16.6. The molecule has 0 saturated carbocycles. The summed E-state index contributed by atoms with van der Waals surface area (Å²) in [5, 5.41) is 6.46. The first-order valence-electron chi connectivity index (χ1n) is 7.88. The number of methoxy groups -OCH3 is 2. The molecule has 128 valence electrons. The van der Waals surface area contributed by atoms with Gasteiger partial charge in [0.05, 0.1) is 19.9 Å². The van der Waals surface area contributed by atoms with Crippen molar-refractivity contribution in [1.29, 1.82) is 0 Å². The molecule has 25 heavy (non-hydrogen) atoms.